The van der Waals surface area contributed by atoms with E-state index in [1.54, 1.807) is 16.8 Å². The summed E-state index contributed by atoms with van der Waals surface area (Å²) in [6.45, 7) is 5.67. The zero-order chi connectivity index (χ0) is 21.3. The van der Waals surface area contributed by atoms with Gasteiger partial charge in [-0.3, -0.25) is 10.1 Å². The molecule has 3 aromatic rings. The lowest BCUT2D eigenvalue weighted by Gasteiger charge is -2.24. The Morgan fingerprint density at radius 1 is 1.20 bits per heavy atom. The van der Waals surface area contributed by atoms with Gasteiger partial charge in [-0.05, 0) is 51.3 Å². The fourth-order valence-corrected chi connectivity index (χ4v) is 4.19. The number of aryl methyl sites for hydroxylation is 1. The molecule has 0 bridgehead atoms. The van der Waals surface area contributed by atoms with Crippen LogP contribution in [-0.2, 0) is 11.2 Å². The van der Waals surface area contributed by atoms with Crippen LogP contribution in [0.3, 0.4) is 0 Å². The molecule has 1 amide bonds. The molecule has 1 aliphatic rings. The Labute approximate surface area is 184 Å². The van der Waals surface area contributed by atoms with Crippen LogP contribution in [0.1, 0.15) is 36.2 Å². The average molecular weight is 448 g/mol. The highest BCUT2D eigenvalue weighted by molar-refractivity contribution is 6.35. The van der Waals surface area contributed by atoms with Crippen molar-refractivity contribution in [2.75, 3.05) is 23.3 Å². The maximum Gasteiger partial charge on any atom is 0.246 e. The predicted molar refractivity (Wildman–Crippen MR) is 118 cm³/mol. The van der Waals surface area contributed by atoms with Gasteiger partial charge in [-0.1, -0.05) is 23.2 Å². The molecule has 10 heteroatoms. The van der Waals surface area contributed by atoms with Crippen LogP contribution >= 0.6 is 23.2 Å². The molecule has 1 aromatic carbocycles. The van der Waals surface area contributed by atoms with Gasteiger partial charge in [-0.15, -0.1) is 5.10 Å². The lowest BCUT2D eigenvalue weighted by atomic mass is 10.1. The number of H-pyrrole nitrogens is 1. The second-order valence-electron chi connectivity index (χ2n) is 7.41. The van der Waals surface area contributed by atoms with Gasteiger partial charge in [0.25, 0.3) is 0 Å². The van der Waals surface area contributed by atoms with Crippen LogP contribution in [0.4, 0.5) is 11.9 Å². The van der Waals surface area contributed by atoms with E-state index < -0.39 is 0 Å². The SMILES string of the molecule is Cc1nn(-c2ccc(Cl)cc2Cl)c(C)c1CC(=O)Nc1nc(N2CCCCC2)n[nH]1. The highest BCUT2D eigenvalue weighted by Crippen LogP contribution is 2.27. The number of aromatic nitrogens is 5. The van der Waals surface area contributed by atoms with Crippen molar-refractivity contribution in [3.05, 3.63) is 45.2 Å². The van der Waals surface area contributed by atoms with E-state index in [0.29, 0.717) is 21.9 Å². The highest BCUT2D eigenvalue weighted by Gasteiger charge is 2.19. The van der Waals surface area contributed by atoms with Gasteiger partial charge >= 0.3 is 0 Å². The average Bonchev–Trinajstić information content (AvgIpc) is 3.29. The van der Waals surface area contributed by atoms with E-state index in [1.807, 2.05) is 19.9 Å². The smallest absolute Gasteiger partial charge is 0.246 e. The summed E-state index contributed by atoms with van der Waals surface area (Å²) in [4.78, 5) is 19.2. The summed E-state index contributed by atoms with van der Waals surface area (Å²) in [5.41, 5.74) is 3.17. The Balaban J connectivity index is 1.47. The van der Waals surface area contributed by atoms with E-state index in [4.69, 9.17) is 23.2 Å². The van der Waals surface area contributed by atoms with Gasteiger partial charge in [-0.25, -0.2) is 9.78 Å². The first-order valence-electron chi connectivity index (χ1n) is 9.90. The van der Waals surface area contributed by atoms with E-state index >= 15 is 0 Å². The minimum absolute atomic E-state index is 0.169. The van der Waals surface area contributed by atoms with Gasteiger partial charge in [0.15, 0.2) is 0 Å². The molecule has 0 spiro atoms. The lowest BCUT2D eigenvalue weighted by Crippen LogP contribution is -2.30. The van der Waals surface area contributed by atoms with Gasteiger partial charge in [0.05, 0.1) is 22.8 Å². The molecule has 0 atom stereocenters. The Kier molecular flexibility index (Phi) is 5.97. The maximum atomic E-state index is 12.6. The second kappa shape index (κ2) is 8.65. The molecule has 0 saturated carbocycles. The molecule has 3 heterocycles. The Hall–Kier alpha value is -2.58. The molecule has 0 radical (unpaired) electrons. The van der Waals surface area contributed by atoms with Crippen molar-refractivity contribution >= 4 is 41.0 Å². The highest BCUT2D eigenvalue weighted by atomic mass is 35.5. The van der Waals surface area contributed by atoms with Crippen molar-refractivity contribution < 1.29 is 4.79 Å². The minimum Gasteiger partial charge on any atom is -0.340 e. The molecular weight excluding hydrogens is 425 g/mol. The summed E-state index contributed by atoms with van der Waals surface area (Å²) >= 11 is 12.3. The number of piperidine rings is 1. The summed E-state index contributed by atoms with van der Waals surface area (Å²) in [6.07, 6.45) is 3.67. The first-order chi connectivity index (χ1) is 14.4. The fraction of sp³-hybridized carbons (Fsp3) is 0.400. The molecule has 30 heavy (non-hydrogen) atoms. The number of nitrogens with one attached hydrogen (secondary N) is 2. The van der Waals surface area contributed by atoms with Crippen molar-refractivity contribution in [3.8, 4) is 5.69 Å². The largest absolute Gasteiger partial charge is 0.340 e. The van der Waals surface area contributed by atoms with Crippen LogP contribution < -0.4 is 10.2 Å². The van der Waals surface area contributed by atoms with Crippen LogP contribution in [0, 0.1) is 13.8 Å². The fourth-order valence-electron chi connectivity index (χ4n) is 3.70. The van der Waals surface area contributed by atoms with E-state index in [9.17, 15) is 4.79 Å². The number of halogens is 2. The summed E-state index contributed by atoms with van der Waals surface area (Å²) < 4.78 is 1.74. The summed E-state index contributed by atoms with van der Waals surface area (Å²) in [7, 11) is 0. The van der Waals surface area contributed by atoms with E-state index in [2.05, 4.69) is 30.5 Å². The normalized spacial score (nSPS) is 14.2. The van der Waals surface area contributed by atoms with E-state index in [0.717, 1.165) is 48.6 Å². The number of anilines is 2. The first-order valence-corrected chi connectivity index (χ1v) is 10.7. The number of amides is 1. The van der Waals surface area contributed by atoms with Crippen LogP contribution in [0.2, 0.25) is 10.0 Å². The molecular formula is C20H23Cl2N7O. The zero-order valence-electron chi connectivity index (χ0n) is 16.9. The molecule has 2 N–H and O–H groups in total. The van der Waals surface area contributed by atoms with Crippen molar-refractivity contribution in [3.63, 3.8) is 0 Å². The molecule has 0 unspecified atom stereocenters. The third-order valence-corrected chi connectivity index (χ3v) is 5.82. The summed E-state index contributed by atoms with van der Waals surface area (Å²) in [5, 5.41) is 15.4. The number of carbonyl (C=O) groups excluding carboxylic acids is 1. The van der Waals surface area contributed by atoms with Gasteiger partial charge in [0.1, 0.15) is 0 Å². The van der Waals surface area contributed by atoms with Crippen LogP contribution in [0.5, 0.6) is 0 Å². The molecule has 158 valence electrons. The second-order valence-corrected chi connectivity index (χ2v) is 8.26. The molecule has 2 aromatic heterocycles. The standard InChI is InChI=1S/C20H23Cl2N7O/c1-12-15(13(2)29(27-12)17-7-6-14(21)10-16(17)22)11-18(30)23-19-24-20(26-25-19)28-8-4-3-5-9-28/h6-7,10H,3-5,8-9,11H2,1-2H3,(H2,23,24,25,26,30). The zero-order valence-corrected chi connectivity index (χ0v) is 18.4. The predicted octanol–water partition coefficient (Wildman–Crippen LogP) is 4.09. The summed E-state index contributed by atoms with van der Waals surface area (Å²) in [5.74, 6) is 0.788. The van der Waals surface area contributed by atoms with Gasteiger partial charge < -0.3 is 4.90 Å². The number of nitrogens with zero attached hydrogens (tertiary/aromatic N) is 5. The molecule has 1 fully saturated rings. The third-order valence-electron chi connectivity index (χ3n) is 5.29. The molecule has 1 aliphatic heterocycles. The molecule has 8 nitrogen and oxygen atoms in total. The minimum atomic E-state index is -0.190. The Morgan fingerprint density at radius 3 is 2.70 bits per heavy atom. The first kappa shape index (κ1) is 20.7. The maximum absolute atomic E-state index is 12.6. The van der Waals surface area contributed by atoms with Crippen LogP contribution in [0.15, 0.2) is 18.2 Å². The number of benzene rings is 1. The topological polar surface area (TPSA) is 91.7 Å². The van der Waals surface area contributed by atoms with Gasteiger partial charge in [0, 0.05) is 29.4 Å². The molecule has 1 saturated heterocycles. The molecule has 4 rings (SSSR count). The quantitative estimate of drug-likeness (QED) is 0.614. The van der Waals surface area contributed by atoms with Crippen LogP contribution in [0.25, 0.3) is 5.69 Å². The van der Waals surface area contributed by atoms with Crippen molar-refractivity contribution in [1.82, 2.24) is 25.0 Å². The van der Waals surface area contributed by atoms with E-state index in [1.165, 1.54) is 6.42 Å². The number of aromatic amines is 1. The molecule has 0 aliphatic carbocycles. The van der Waals surface area contributed by atoms with Gasteiger partial charge in [0.2, 0.25) is 17.8 Å². The number of hydrogen-bond acceptors (Lipinski definition) is 5. The Bertz CT molecular complexity index is 1070. The lowest BCUT2D eigenvalue weighted by molar-refractivity contribution is -0.115. The van der Waals surface area contributed by atoms with Crippen molar-refractivity contribution in [1.29, 1.82) is 0 Å². The van der Waals surface area contributed by atoms with Crippen LogP contribution in [-0.4, -0.2) is 44.0 Å². The number of rotatable bonds is 5. The monoisotopic (exact) mass is 447 g/mol. The number of hydrogen-bond donors (Lipinski definition) is 2. The number of carbonyl (C=O) groups is 1. The van der Waals surface area contributed by atoms with Crippen molar-refractivity contribution in [2.24, 2.45) is 0 Å². The summed E-state index contributed by atoms with van der Waals surface area (Å²) in [6, 6.07) is 5.24. The third kappa shape index (κ3) is 4.29. The van der Waals surface area contributed by atoms with E-state index in [-0.39, 0.29) is 12.3 Å². The van der Waals surface area contributed by atoms with Crippen molar-refractivity contribution in [2.45, 2.75) is 39.5 Å². The Morgan fingerprint density at radius 2 is 1.97 bits per heavy atom. The van der Waals surface area contributed by atoms with Gasteiger partial charge in [-0.2, -0.15) is 10.1 Å².